The first kappa shape index (κ1) is 21.0. The minimum Gasteiger partial charge on any atom is -0.192 e. The molecule has 0 unspecified atom stereocenters. The minimum absolute atomic E-state index is 0.775. The van der Waals surface area contributed by atoms with E-state index >= 15 is 0 Å². The van der Waals surface area contributed by atoms with E-state index in [-0.39, 0.29) is 0 Å². The molecule has 0 aromatic heterocycles. The SMILES string of the molecule is CCC.CCCC.CCCCc1cc(C#N)ccc1C. The van der Waals surface area contributed by atoms with Crippen LogP contribution in [0.2, 0.25) is 0 Å². The maximum Gasteiger partial charge on any atom is 0.0991 e. The molecule has 1 nitrogen and oxygen atoms in total. The maximum absolute atomic E-state index is 8.73. The summed E-state index contributed by atoms with van der Waals surface area (Å²) in [5.41, 5.74) is 3.39. The number of aryl methyl sites for hydroxylation is 2. The Kier molecular flexibility index (Phi) is 16.6. The average Bonchev–Trinajstić information content (AvgIpc) is 2.47. The Balaban J connectivity index is 0. The standard InChI is InChI=1S/C12H15N.C4H10.C3H8/c1-3-4-5-12-8-11(9-13)7-6-10(12)2;1-3-4-2;1-3-2/h6-8H,3-5H2,1-2H3;3-4H2,1-2H3;3H2,1-2H3. The molecule has 0 saturated carbocycles. The smallest absolute Gasteiger partial charge is 0.0991 e. The zero-order valence-electron chi connectivity index (χ0n) is 14.4. The molecule has 0 aliphatic rings. The monoisotopic (exact) mass is 275 g/mol. The van der Waals surface area contributed by atoms with Gasteiger partial charge < -0.3 is 0 Å². The van der Waals surface area contributed by atoms with E-state index in [2.05, 4.69) is 47.6 Å². The van der Waals surface area contributed by atoms with Crippen molar-refractivity contribution in [2.45, 2.75) is 80.1 Å². The molecular formula is C19H33N. The number of hydrogen-bond acceptors (Lipinski definition) is 1. The highest BCUT2D eigenvalue weighted by Gasteiger charge is 1.99. The van der Waals surface area contributed by atoms with Gasteiger partial charge in [0.25, 0.3) is 0 Å². The van der Waals surface area contributed by atoms with Gasteiger partial charge in [-0.15, -0.1) is 0 Å². The van der Waals surface area contributed by atoms with Crippen molar-refractivity contribution in [2.24, 2.45) is 0 Å². The van der Waals surface area contributed by atoms with Crippen LogP contribution in [0.15, 0.2) is 18.2 Å². The predicted molar refractivity (Wildman–Crippen MR) is 91.1 cm³/mol. The number of nitriles is 1. The van der Waals surface area contributed by atoms with Crippen LogP contribution >= 0.6 is 0 Å². The normalized spacial score (nSPS) is 8.65. The number of rotatable bonds is 4. The summed E-state index contributed by atoms with van der Waals surface area (Å²) in [6.45, 7) is 12.9. The first-order valence-electron chi connectivity index (χ1n) is 8.10. The van der Waals surface area contributed by atoms with Crippen LogP contribution in [0.3, 0.4) is 0 Å². The van der Waals surface area contributed by atoms with Gasteiger partial charge in [0.15, 0.2) is 0 Å². The van der Waals surface area contributed by atoms with Crippen molar-refractivity contribution in [3.8, 4) is 6.07 Å². The summed E-state index contributed by atoms with van der Waals surface area (Å²) in [6.07, 6.45) is 7.39. The Morgan fingerprint density at radius 1 is 0.950 bits per heavy atom. The molecule has 1 aromatic carbocycles. The third-order valence-corrected chi connectivity index (χ3v) is 2.78. The van der Waals surface area contributed by atoms with Crippen LogP contribution in [-0.4, -0.2) is 0 Å². The van der Waals surface area contributed by atoms with Crippen molar-refractivity contribution in [2.75, 3.05) is 0 Å². The molecule has 0 atom stereocenters. The van der Waals surface area contributed by atoms with Crippen molar-refractivity contribution >= 4 is 0 Å². The van der Waals surface area contributed by atoms with Crippen LogP contribution in [-0.2, 0) is 6.42 Å². The lowest BCUT2D eigenvalue weighted by atomic mass is 10.0. The molecule has 1 heteroatoms. The number of nitrogens with zero attached hydrogens (tertiary/aromatic N) is 1. The van der Waals surface area contributed by atoms with Crippen LogP contribution in [0.25, 0.3) is 0 Å². The van der Waals surface area contributed by atoms with Gasteiger partial charge in [-0.2, -0.15) is 5.26 Å². The second-order valence-corrected chi connectivity index (χ2v) is 5.06. The van der Waals surface area contributed by atoms with Crippen LogP contribution in [0.5, 0.6) is 0 Å². The summed E-state index contributed by atoms with van der Waals surface area (Å²) in [5, 5.41) is 8.73. The molecule has 0 aliphatic carbocycles. The Morgan fingerprint density at radius 3 is 1.90 bits per heavy atom. The number of unbranched alkanes of at least 4 members (excludes halogenated alkanes) is 2. The van der Waals surface area contributed by atoms with E-state index < -0.39 is 0 Å². The molecule has 0 heterocycles. The highest BCUT2D eigenvalue weighted by atomic mass is 14.2. The van der Waals surface area contributed by atoms with Gasteiger partial charge >= 0.3 is 0 Å². The maximum atomic E-state index is 8.73. The van der Waals surface area contributed by atoms with Gasteiger partial charge in [-0.1, -0.05) is 66.4 Å². The predicted octanol–water partition coefficient (Wildman–Crippen LogP) is 6.43. The molecule has 0 N–H and O–H groups in total. The first-order chi connectivity index (χ1) is 9.60. The van der Waals surface area contributed by atoms with Crippen LogP contribution in [0, 0.1) is 18.3 Å². The van der Waals surface area contributed by atoms with Crippen molar-refractivity contribution < 1.29 is 0 Å². The van der Waals surface area contributed by atoms with Crippen molar-refractivity contribution in [1.82, 2.24) is 0 Å². The van der Waals surface area contributed by atoms with Gasteiger partial charge in [-0.25, -0.2) is 0 Å². The quantitative estimate of drug-likeness (QED) is 0.621. The van der Waals surface area contributed by atoms with Crippen LogP contribution < -0.4 is 0 Å². The Labute approximate surface area is 127 Å². The van der Waals surface area contributed by atoms with Gasteiger partial charge in [0.2, 0.25) is 0 Å². The van der Waals surface area contributed by atoms with E-state index in [1.807, 2.05) is 18.2 Å². The summed E-state index contributed by atoms with van der Waals surface area (Å²) >= 11 is 0. The van der Waals surface area contributed by atoms with Crippen molar-refractivity contribution in [3.63, 3.8) is 0 Å². The van der Waals surface area contributed by atoms with Gasteiger partial charge in [-0.3, -0.25) is 0 Å². The number of benzene rings is 1. The molecule has 0 radical (unpaired) electrons. The molecule has 0 saturated heterocycles. The number of hydrogen-bond donors (Lipinski definition) is 0. The van der Waals surface area contributed by atoms with E-state index in [4.69, 9.17) is 5.26 Å². The van der Waals surface area contributed by atoms with E-state index in [1.165, 1.54) is 43.2 Å². The largest absolute Gasteiger partial charge is 0.192 e. The topological polar surface area (TPSA) is 23.8 Å². The fourth-order valence-corrected chi connectivity index (χ4v) is 1.38. The van der Waals surface area contributed by atoms with E-state index in [0.717, 1.165) is 12.0 Å². The average molecular weight is 275 g/mol. The lowest BCUT2D eigenvalue weighted by molar-refractivity contribution is 0.791. The van der Waals surface area contributed by atoms with Crippen molar-refractivity contribution in [3.05, 3.63) is 34.9 Å². The summed E-state index contributed by atoms with van der Waals surface area (Å²) < 4.78 is 0. The molecule has 114 valence electrons. The fraction of sp³-hybridized carbons (Fsp3) is 0.632. The zero-order valence-corrected chi connectivity index (χ0v) is 14.4. The van der Waals surface area contributed by atoms with Gasteiger partial charge in [0, 0.05) is 0 Å². The highest BCUT2D eigenvalue weighted by molar-refractivity contribution is 5.37. The lowest BCUT2D eigenvalue weighted by Crippen LogP contribution is -1.90. The summed E-state index contributed by atoms with van der Waals surface area (Å²) in [6, 6.07) is 8.09. The van der Waals surface area contributed by atoms with Crippen LogP contribution in [0.4, 0.5) is 0 Å². The summed E-state index contributed by atoms with van der Waals surface area (Å²) in [5.74, 6) is 0. The van der Waals surface area contributed by atoms with Crippen molar-refractivity contribution in [1.29, 1.82) is 5.26 Å². The molecule has 20 heavy (non-hydrogen) atoms. The minimum atomic E-state index is 0.775. The van der Waals surface area contributed by atoms with Crippen LogP contribution in [0.1, 0.15) is 83.4 Å². The first-order valence-corrected chi connectivity index (χ1v) is 8.10. The second-order valence-electron chi connectivity index (χ2n) is 5.06. The third-order valence-electron chi connectivity index (χ3n) is 2.78. The Hall–Kier alpha value is -1.29. The molecule has 1 rings (SSSR count). The zero-order chi connectivity index (χ0) is 15.8. The Bertz CT molecular complexity index is 359. The molecule has 0 bridgehead atoms. The lowest BCUT2D eigenvalue weighted by Gasteiger charge is -2.04. The fourth-order valence-electron chi connectivity index (χ4n) is 1.38. The molecular weight excluding hydrogens is 242 g/mol. The summed E-state index contributed by atoms with van der Waals surface area (Å²) in [7, 11) is 0. The summed E-state index contributed by atoms with van der Waals surface area (Å²) in [4.78, 5) is 0. The second kappa shape index (κ2) is 15.8. The van der Waals surface area contributed by atoms with Gasteiger partial charge in [0.05, 0.1) is 11.6 Å². The third kappa shape index (κ3) is 11.8. The van der Waals surface area contributed by atoms with E-state index in [1.54, 1.807) is 0 Å². The molecule has 0 fully saturated rings. The van der Waals surface area contributed by atoms with E-state index in [0.29, 0.717) is 0 Å². The van der Waals surface area contributed by atoms with E-state index in [9.17, 15) is 0 Å². The highest BCUT2D eigenvalue weighted by Crippen LogP contribution is 2.13. The van der Waals surface area contributed by atoms with Gasteiger partial charge in [0.1, 0.15) is 0 Å². The molecule has 0 aliphatic heterocycles. The molecule has 1 aromatic rings. The van der Waals surface area contributed by atoms with Gasteiger partial charge in [-0.05, 0) is 43.0 Å². The molecule has 0 spiro atoms. The molecule has 0 amide bonds. The Morgan fingerprint density at radius 2 is 1.50 bits per heavy atom.